The number of fused-ring (bicyclic) bond motifs is 2. The van der Waals surface area contributed by atoms with Crippen LogP contribution in [0.3, 0.4) is 0 Å². The molecule has 0 aliphatic carbocycles. The van der Waals surface area contributed by atoms with Gasteiger partial charge in [0, 0.05) is 23.1 Å². The lowest BCUT2D eigenvalue weighted by Crippen LogP contribution is -2.11. The van der Waals surface area contributed by atoms with Gasteiger partial charge in [-0.3, -0.25) is 9.89 Å². The van der Waals surface area contributed by atoms with Crippen molar-refractivity contribution in [2.24, 2.45) is 0 Å². The molecule has 104 valence electrons. The molecule has 21 heavy (non-hydrogen) atoms. The summed E-state index contributed by atoms with van der Waals surface area (Å²) in [7, 11) is 0. The van der Waals surface area contributed by atoms with Crippen LogP contribution in [0.5, 0.6) is 5.75 Å². The molecular weight excluding hydrogens is 266 g/mol. The Morgan fingerprint density at radius 3 is 3.14 bits per heavy atom. The van der Waals surface area contributed by atoms with E-state index in [0.717, 1.165) is 34.3 Å². The molecule has 1 aliphatic heterocycles. The molecule has 2 aromatic carbocycles. The molecule has 1 aliphatic rings. The minimum absolute atomic E-state index is 0.122. The number of carbonyl (C=O) groups excluding carboxylic acids is 1. The highest BCUT2D eigenvalue weighted by molar-refractivity contribution is 6.05. The van der Waals surface area contributed by atoms with E-state index >= 15 is 0 Å². The molecule has 2 heterocycles. The number of hydrogen-bond acceptors (Lipinski definition) is 3. The first-order valence-electron chi connectivity index (χ1n) is 6.80. The van der Waals surface area contributed by atoms with Crippen LogP contribution in [-0.4, -0.2) is 22.7 Å². The highest BCUT2D eigenvalue weighted by Crippen LogP contribution is 2.26. The fourth-order valence-electron chi connectivity index (χ4n) is 2.55. The fraction of sp³-hybridized carbons (Fsp3) is 0.125. The molecule has 1 aromatic heterocycles. The third-order valence-electron chi connectivity index (χ3n) is 3.65. The number of nitrogens with one attached hydrogen (secondary N) is 2. The number of ether oxygens (including phenoxy) is 1. The smallest absolute Gasteiger partial charge is 0.255 e. The van der Waals surface area contributed by atoms with Crippen LogP contribution >= 0.6 is 0 Å². The summed E-state index contributed by atoms with van der Waals surface area (Å²) in [5.41, 5.74) is 3.37. The Morgan fingerprint density at radius 2 is 2.19 bits per heavy atom. The topological polar surface area (TPSA) is 67.0 Å². The Bertz CT molecular complexity index is 838. The van der Waals surface area contributed by atoms with Crippen molar-refractivity contribution >= 4 is 22.5 Å². The zero-order valence-corrected chi connectivity index (χ0v) is 11.2. The maximum absolute atomic E-state index is 12.3. The molecule has 4 rings (SSSR count). The number of aromatic amines is 1. The molecule has 0 fully saturated rings. The average Bonchev–Trinajstić information content (AvgIpc) is 3.14. The number of nitrogens with zero attached hydrogens (tertiary/aromatic N) is 1. The van der Waals surface area contributed by atoms with Gasteiger partial charge in [-0.1, -0.05) is 0 Å². The van der Waals surface area contributed by atoms with Crippen LogP contribution in [0.25, 0.3) is 10.9 Å². The summed E-state index contributed by atoms with van der Waals surface area (Å²) in [6, 6.07) is 11.2. The summed E-state index contributed by atoms with van der Waals surface area (Å²) < 4.78 is 5.45. The van der Waals surface area contributed by atoms with Crippen molar-refractivity contribution in [2.75, 3.05) is 11.9 Å². The second-order valence-corrected chi connectivity index (χ2v) is 5.05. The van der Waals surface area contributed by atoms with Gasteiger partial charge >= 0.3 is 0 Å². The number of carbonyl (C=O) groups is 1. The highest BCUT2D eigenvalue weighted by Gasteiger charge is 2.15. The zero-order chi connectivity index (χ0) is 14.2. The van der Waals surface area contributed by atoms with Crippen molar-refractivity contribution < 1.29 is 9.53 Å². The van der Waals surface area contributed by atoms with Gasteiger partial charge in [-0.15, -0.1) is 0 Å². The van der Waals surface area contributed by atoms with Crippen molar-refractivity contribution in [1.82, 2.24) is 10.2 Å². The van der Waals surface area contributed by atoms with Gasteiger partial charge in [0.15, 0.2) is 0 Å². The first-order valence-corrected chi connectivity index (χ1v) is 6.80. The number of hydrogen-bond donors (Lipinski definition) is 2. The van der Waals surface area contributed by atoms with E-state index in [4.69, 9.17) is 4.74 Å². The van der Waals surface area contributed by atoms with Gasteiger partial charge in [-0.2, -0.15) is 5.10 Å². The normalized spacial score (nSPS) is 13.0. The van der Waals surface area contributed by atoms with E-state index < -0.39 is 0 Å². The fourth-order valence-corrected chi connectivity index (χ4v) is 2.55. The van der Waals surface area contributed by atoms with Gasteiger partial charge in [-0.05, 0) is 42.0 Å². The van der Waals surface area contributed by atoms with Crippen LogP contribution in [0.1, 0.15) is 15.9 Å². The molecule has 0 saturated heterocycles. The second-order valence-electron chi connectivity index (χ2n) is 5.05. The summed E-state index contributed by atoms with van der Waals surface area (Å²) in [5.74, 6) is 0.758. The Morgan fingerprint density at radius 1 is 1.24 bits per heavy atom. The van der Waals surface area contributed by atoms with E-state index in [1.807, 2.05) is 30.3 Å². The van der Waals surface area contributed by atoms with Crippen molar-refractivity contribution in [3.05, 3.63) is 53.7 Å². The molecule has 0 spiro atoms. The van der Waals surface area contributed by atoms with Crippen LogP contribution in [0, 0.1) is 0 Å². The van der Waals surface area contributed by atoms with Gasteiger partial charge in [-0.25, -0.2) is 0 Å². The number of amides is 1. The number of H-pyrrole nitrogens is 1. The molecule has 0 atom stereocenters. The first-order chi connectivity index (χ1) is 10.3. The third kappa shape index (κ3) is 2.12. The maximum atomic E-state index is 12.3. The van der Waals surface area contributed by atoms with Crippen LogP contribution in [0.15, 0.2) is 42.6 Å². The summed E-state index contributed by atoms with van der Waals surface area (Å²) >= 11 is 0. The minimum atomic E-state index is -0.122. The van der Waals surface area contributed by atoms with Crippen LogP contribution in [0.2, 0.25) is 0 Å². The molecule has 0 saturated carbocycles. The summed E-state index contributed by atoms with van der Waals surface area (Å²) in [4.78, 5) is 12.3. The lowest BCUT2D eigenvalue weighted by Gasteiger charge is -2.06. The van der Waals surface area contributed by atoms with Crippen molar-refractivity contribution in [2.45, 2.75) is 6.42 Å². The van der Waals surface area contributed by atoms with E-state index in [2.05, 4.69) is 15.5 Å². The Labute approximate surface area is 120 Å². The minimum Gasteiger partial charge on any atom is -0.493 e. The predicted octanol–water partition coefficient (Wildman–Crippen LogP) is 2.75. The van der Waals surface area contributed by atoms with Gasteiger partial charge in [0.25, 0.3) is 5.91 Å². The number of rotatable bonds is 2. The maximum Gasteiger partial charge on any atom is 0.255 e. The quantitative estimate of drug-likeness (QED) is 0.758. The lowest BCUT2D eigenvalue weighted by atomic mass is 10.1. The molecular formula is C16H13N3O2. The molecule has 2 N–H and O–H groups in total. The van der Waals surface area contributed by atoms with Gasteiger partial charge in [0.05, 0.1) is 18.3 Å². The van der Waals surface area contributed by atoms with E-state index in [1.165, 1.54) is 0 Å². The molecule has 0 radical (unpaired) electrons. The number of anilines is 1. The number of aromatic nitrogens is 2. The molecule has 5 heteroatoms. The van der Waals surface area contributed by atoms with E-state index in [9.17, 15) is 4.79 Å². The standard InChI is InChI=1S/C16H13N3O2/c20-16(11-2-4-15-10(7-11)5-6-21-15)18-13-3-1-12-9-17-19-14(12)8-13/h1-4,7-9H,5-6H2,(H,17,19)(H,18,20). The summed E-state index contributed by atoms with van der Waals surface area (Å²) in [6.07, 6.45) is 2.61. The Kier molecular flexibility index (Phi) is 2.64. The van der Waals surface area contributed by atoms with Gasteiger partial charge in [0.1, 0.15) is 5.75 Å². The van der Waals surface area contributed by atoms with Crippen LogP contribution in [0.4, 0.5) is 5.69 Å². The van der Waals surface area contributed by atoms with Crippen molar-refractivity contribution in [3.8, 4) is 5.75 Å². The average molecular weight is 279 g/mol. The third-order valence-corrected chi connectivity index (χ3v) is 3.65. The Hall–Kier alpha value is -2.82. The van der Waals surface area contributed by atoms with Gasteiger partial charge in [0.2, 0.25) is 0 Å². The van der Waals surface area contributed by atoms with Crippen LogP contribution in [-0.2, 0) is 6.42 Å². The van der Waals surface area contributed by atoms with Crippen molar-refractivity contribution in [1.29, 1.82) is 0 Å². The van der Waals surface area contributed by atoms with E-state index in [0.29, 0.717) is 12.2 Å². The molecule has 0 bridgehead atoms. The van der Waals surface area contributed by atoms with Crippen molar-refractivity contribution in [3.63, 3.8) is 0 Å². The monoisotopic (exact) mass is 279 g/mol. The highest BCUT2D eigenvalue weighted by atomic mass is 16.5. The lowest BCUT2D eigenvalue weighted by molar-refractivity contribution is 0.102. The second kappa shape index (κ2) is 4.63. The van der Waals surface area contributed by atoms with E-state index in [-0.39, 0.29) is 5.91 Å². The molecule has 0 unspecified atom stereocenters. The molecule has 1 amide bonds. The summed E-state index contributed by atoms with van der Waals surface area (Å²) in [5, 5.41) is 10.8. The molecule has 5 nitrogen and oxygen atoms in total. The Balaban J connectivity index is 1.59. The largest absolute Gasteiger partial charge is 0.493 e. The zero-order valence-electron chi connectivity index (χ0n) is 11.2. The van der Waals surface area contributed by atoms with Gasteiger partial charge < -0.3 is 10.1 Å². The number of benzene rings is 2. The summed E-state index contributed by atoms with van der Waals surface area (Å²) in [6.45, 7) is 0.691. The SMILES string of the molecule is O=C(Nc1ccc2cn[nH]c2c1)c1ccc2c(c1)CCO2. The van der Waals surface area contributed by atoms with E-state index in [1.54, 1.807) is 12.3 Å². The van der Waals surface area contributed by atoms with Crippen LogP contribution < -0.4 is 10.1 Å². The predicted molar refractivity (Wildman–Crippen MR) is 79.7 cm³/mol. The molecule has 3 aromatic rings. The first kappa shape index (κ1) is 12.0.